The molecular formula is C22H19N3O2S2. The molecule has 29 heavy (non-hydrogen) atoms. The molecule has 0 radical (unpaired) electrons. The van der Waals surface area contributed by atoms with Gasteiger partial charge in [0.15, 0.2) is 0 Å². The third-order valence-corrected chi connectivity index (χ3v) is 7.20. The van der Waals surface area contributed by atoms with E-state index < -0.39 is 0 Å². The van der Waals surface area contributed by atoms with Gasteiger partial charge in [0.05, 0.1) is 32.9 Å². The van der Waals surface area contributed by atoms with Gasteiger partial charge in [-0.15, -0.1) is 23.1 Å². The largest absolute Gasteiger partial charge is 0.335 e. The molecule has 0 saturated carbocycles. The highest BCUT2D eigenvalue weighted by molar-refractivity contribution is 7.99. The Kier molecular flexibility index (Phi) is 4.64. The van der Waals surface area contributed by atoms with Crippen LogP contribution >= 0.6 is 23.1 Å². The first-order valence-electron chi connectivity index (χ1n) is 9.49. The van der Waals surface area contributed by atoms with Crippen molar-refractivity contribution in [2.45, 2.75) is 25.2 Å². The molecule has 4 heterocycles. The van der Waals surface area contributed by atoms with Crippen molar-refractivity contribution in [1.82, 2.24) is 10.1 Å². The van der Waals surface area contributed by atoms with E-state index in [1.807, 2.05) is 42.2 Å². The van der Waals surface area contributed by atoms with Crippen LogP contribution in [0.15, 0.2) is 51.9 Å². The average molecular weight is 422 g/mol. The number of carbonyl (C=O) groups is 1. The number of hydrogen-bond donors (Lipinski definition) is 0. The van der Waals surface area contributed by atoms with Gasteiger partial charge in [0.2, 0.25) is 0 Å². The lowest BCUT2D eigenvalue weighted by atomic mass is 10.1. The van der Waals surface area contributed by atoms with E-state index in [4.69, 9.17) is 4.52 Å². The first-order chi connectivity index (χ1) is 14.1. The Balaban J connectivity index is 1.68. The summed E-state index contributed by atoms with van der Waals surface area (Å²) in [6.45, 7) is 4.60. The number of benzene rings is 1. The first kappa shape index (κ1) is 18.4. The maximum Gasteiger partial charge on any atom is 0.259 e. The number of anilines is 1. The van der Waals surface area contributed by atoms with Crippen molar-refractivity contribution in [3.05, 3.63) is 58.6 Å². The van der Waals surface area contributed by atoms with Crippen LogP contribution in [-0.2, 0) is 0 Å². The van der Waals surface area contributed by atoms with Crippen LogP contribution in [0.25, 0.3) is 21.7 Å². The van der Waals surface area contributed by atoms with Crippen molar-refractivity contribution in [3.8, 4) is 10.6 Å². The number of carbonyl (C=O) groups excluding carboxylic acids is 1. The molecule has 146 valence electrons. The van der Waals surface area contributed by atoms with Crippen LogP contribution in [-0.4, -0.2) is 28.3 Å². The molecule has 0 N–H and O–H groups in total. The fourth-order valence-corrected chi connectivity index (χ4v) is 5.47. The number of aromatic nitrogens is 2. The lowest BCUT2D eigenvalue weighted by Crippen LogP contribution is -2.32. The number of pyridine rings is 1. The monoisotopic (exact) mass is 421 g/mol. The molecule has 0 unspecified atom stereocenters. The van der Waals surface area contributed by atoms with Crippen LogP contribution in [0.1, 0.15) is 27.3 Å². The van der Waals surface area contributed by atoms with Crippen molar-refractivity contribution in [2.24, 2.45) is 0 Å². The maximum atomic E-state index is 13.8. The number of rotatable bonds is 2. The highest BCUT2D eigenvalue weighted by Crippen LogP contribution is 2.36. The molecule has 0 spiro atoms. The summed E-state index contributed by atoms with van der Waals surface area (Å²) in [6.07, 6.45) is 0.943. The minimum Gasteiger partial charge on any atom is -0.335 e. The fraction of sp³-hybridized carbons (Fsp3) is 0.227. The van der Waals surface area contributed by atoms with Gasteiger partial charge in [-0.1, -0.05) is 17.3 Å². The number of fused-ring (bicyclic) bond motifs is 2. The first-order valence-corrected chi connectivity index (χ1v) is 11.3. The summed E-state index contributed by atoms with van der Waals surface area (Å²) in [5.41, 5.74) is 3.39. The molecule has 1 aromatic carbocycles. The highest BCUT2D eigenvalue weighted by Gasteiger charge is 2.27. The van der Waals surface area contributed by atoms with Gasteiger partial charge in [-0.3, -0.25) is 4.79 Å². The summed E-state index contributed by atoms with van der Waals surface area (Å²) in [5.74, 6) is 0.964. The predicted molar refractivity (Wildman–Crippen MR) is 118 cm³/mol. The van der Waals surface area contributed by atoms with E-state index >= 15 is 0 Å². The molecule has 4 aromatic rings. The molecule has 0 aliphatic carbocycles. The van der Waals surface area contributed by atoms with Gasteiger partial charge >= 0.3 is 0 Å². The molecule has 7 heteroatoms. The smallest absolute Gasteiger partial charge is 0.259 e. The summed E-state index contributed by atoms with van der Waals surface area (Å²) in [5, 5.41) is 4.77. The number of hydrogen-bond acceptors (Lipinski definition) is 6. The van der Waals surface area contributed by atoms with Crippen LogP contribution in [0.3, 0.4) is 0 Å². The number of amides is 1. The van der Waals surface area contributed by atoms with Gasteiger partial charge in [-0.05, 0) is 56.4 Å². The van der Waals surface area contributed by atoms with Crippen LogP contribution in [0.2, 0.25) is 0 Å². The van der Waals surface area contributed by atoms with Gasteiger partial charge < -0.3 is 9.42 Å². The minimum absolute atomic E-state index is 0.0341. The molecule has 5 rings (SSSR count). The highest BCUT2D eigenvalue weighted by atomic mass is 32.2. The number of thioether (sulfide) groups is 1. The number of para-hydroxylation sites is 1. The van der Waals surface area contributed by atoms with Gasteiger partial charge in [0.25, 0.3) is 11.6 Å². The Labute approximate surface area is 176 Å². The van der Waals surface area contributed by atoms with E-state index in [0.29, 0.717) is 28.9 Å². The molecule has 0 bridgehead atoms. The van der Waals surface area contributed by atoms with E-state index in [9.17, 15) is 4.79 Å². The lowest BCUT2D eigenvalue weighted by molar-refractivity contribution is 0.0988. The second-order valence-corrected chi connectivity index (χ2v) is 9.46. The van der Waals surface area contributed by atoms with Crippen LogP contribution < -0.4 is 4.90 Å². The topological polar surface area (TPSA) is 59.2 Å². The summed E-state index contributed by atoms with van der Waals surface area (Å²) < 4.78 is 5.46. The molecule has 1 amide bonds. The molecule has 5 nitrogen and oxygen atoms in total. The van der Waals surface area contributed by atoms with Crippen molar-refractivity contribution >= 4 is 45.8 Å². The zero-order chi connectivity index (χ0) is 20.0. The molecular weight excluding hydrogens is 402 g/mol. The van der Waals surface area contributed by atoms with E-state index in [-0.39, 0.29) is 5.91 Å². The molecule has 0 fully saturated rings. The standard InChI is InChI=1S/C22H19N3O2S2/c1-13-8-9-18(29-13)16-12-15(20-14(2)24-27-21(20)23-16)22(26)25-10-5-11-28-19-7-4-3-6-17(19)25/h3-4,6-9,12H,5,10-11H2,1-2H3. The molecule has 0 atom stereocenters. The predicted octanol–water partition coefficient (Wildman–Crippen LogP) is 5.71. The zero-order valence-corrected chi connectivity index (χ0v) is 17.8. The average Bonchev–Trinajstić information content (AvgIpc) is 3.26. The molecule has 1 aliphatic rings. The van der Waals surface area contributed by atoms with Crippen LogP contribution in [0.4, 0.5) is 5.69 Å². The van der Waals surface area contributed by atoms with E-state index in [2.05, 4.69) is 29.2 Å². The summed E-state index contributed by atoms with van der Waals surface area (Å²) in [4.78, 5) is 23.7. The normalized spacial score (nSPS) is 14.1. The Morgan fingerprint density at radius 3 is 2.86 bits per heavy atom. The van der Waals surface area contributed by atoms with Crippen LogP contribution in [0.5, 0.6) is 0 Å². The zero-order valence-electron chi connectivity index (χ0n) is 16.1. The summed E-state index contributed by atoms with van der Waals surface area (Å²) >= 11 is 3.45. The second kappa shape index (κ2) is 7.31. The SMILES string of the molecule is Cc1ccc(-c2cc(C(=O)N3CCCSc4ccccc43)c3c(C)noc3n2)s1. The Bertz CT molecular complexity index is 1230. The van der Waals surface area contributed by atoms with Gasteiger partial charge in [-0.2, -0.15) is 0 Å². The molecule has 1 aliphatic heterocycles. The van der Waals surface area contributed by atoms with Gasteiger partial charge in [-0.25, -0.2) is 4.98 Å². The Morgan fingerprint density at radius 1 is 1.17 bits per heavy atom. The van der Waals surface area contributed by atoms with Crippen molar-refractivity contribution in [1.29, 1.82) is 0 Å². The summed E-state index contributed by atoms with van der Waals surface area (Å²) in [6, 6.07) is 14.1. The molecule has 0 saturated heterocycles. The van der Waals surface area contributed by atoms with Crippen molar-refractivity contribution < 1.29 is 9.32 Å². The Morgan fingerprint density at radius 2 is 2.03 bits per heavy atom. The fourth-order valence-electron chi connectivity index (χ4n) is 3.65. The van der Waals surface area contributed by atoms with Gasteiger partial charge in [0.1, 0.15) is 0 Å². The lowest BCUT2D eigenvalue weighted by Gasteiger charge is -2.23. The number of nitrogens with zero attached hydrogens (tertiary/aromatic N) is 3. The third kappa shape index (κ3) is 3.24. The maximum absolute atomic E-state index is 13.8. The third-order valence-electron chi connectivity index (χ3n) is 5.03. The molecule has 3 aromatic heterocycles. The number of aryl methyl sites for hydroxylation is 2. The van der Waals surface area contributed by atoms with E-state index in [0.717, 1.165) is 33.3 Å². The minimum atomic E-state index is -0.0341. The van der Waals surface area contributed by atoms with E-state index in [1.165, 1.54) is 4.88 Å². The quantitative estimate of drug-likeness (QED) is 0.415. The van der Waals surface area contributed by atoms with Crippen molar-refractivity contribution in [3.63, 3.8) is 0 Å². The van der Waals surface area contributed by atoms with Crippen LogP contribution in [0, 0.1) is 13.8 Å². The van der Waals surface area contributed by atoms with Gasteiger partial charge in [0, 0.05) is 16.3 Å². The van der Waals surface area contributed by atoms with Crippen molar-refractivity contribution in [2.75, 3.05) is 17.2 Å². The second-order valence-electron chi connectivity index (χ2n) is 7.04. The van der Waals surface area contributed by atoms with E-state index in [1.54, 1.807) is 23.1 Å². The summed E-state index contributed by atoms with van der Waals surface area (Å²) in [7, 11) is 0. The number of thiophene rings is 1. The Hall–Kier alpha value is -2.64.